The van der Waals surface area contributed by atoms with Gasteiger partial charge in [0, 0.05) is 16.6 Å². The summed E-state index contributed by atoms with van der Waals surface area (Å²) in [6.45, 7) is 0.457. The fourth-order valence-electron chi connectivity index (χ4n) is 1.16. The summed E-state index contributed by atoms with van der Waals surface area (Å²) in [6.07, 6.45) is 0.0196. The van der Waals surface area contributed by atoms with Gasteiger partial charge in [0.2, 0.25) is 0 Å². The van der Waals surface area contributed by atoms with E-state index >= 15 is 0 Å². The molecule has 0 saturated carbocycles. The summed E-state index contributed by atoms with van der Waals surface area (Å²) in [4.78, 5) is 21.8. The standard InChI is InChI=1S/C11H12BrNO3/c12-9-3-1-2-8(6-9)10(14)7-13-5-4-11(15)16/h1-3,6,13H,4-5,7H2,(H,15,16). The second-order valence-corrected chi connectivity index (χ2v) is 4.17. The highest BCUT2D eigenvalue weighted by atomic mass is 79.9. The normalized spacial score (nSPS) is 10.1. The summed E-state index contributed by atoms with van der Waals surface area (Å²) in [5.41, 5.74) is 0.609. The monoisotopic (exact) mass is 285 g/mol. The van der Waals surface area contributed by atoms with Gasteiger partial charge in [-0.1, -0.05) is 28.1 Å². The van der Waals surface area contributed by atoms with E-state index in [0.29, 0.717) is 12.1 Å². The van der Waals surface area contributed by atoms with E-state index in [1.165, 1.54) is 0 Å². The molecule has 5 heteroatoms. The summed E-state index contributed by atoms with van der Waals surface area (Å²) in [6, 6.07) is 7.09. The molecular formula is C11H12BrNO3. The fourth-order valence-corrected chi connectivity index (χ4v) is 1.56. The maximum atomic E-state index is 11.6. The molecule has 0 heterocycles. The van der Waals surface area contributed by atoms with Crippen molar-refractivity contribution in [3.63, 3.8) is 0 Å². The van der Waals surface area contributed by atoms with Crippen molar-refractivity contribution < 1.29 is 14.7 Å². The molecule has 0 aromatic heterocycles. The van der Waals surface area contributed by atoms with Crippen LogP contribution in [0.3, 0.4) is 0 Å². The second kappa shape index (κ2) is 6.40. The topological polar surface area (TPSA) is 66.4 Å². The Morgan fingerprint density at radius 1 is 1.38 bits per heavy atom. The lowest BCUT2D eigenvalue weighted by molar-refractivity contribution is -0.136. The van der Waals surface area contributed by atoms with Crippen molar-refractivity contribution in [2.24, 2.45) is 0 Å². The zero-order valence-electron chi connectivity index (χ0n) is 8.57. The first-order valence-corrected chi connectivity index (χ1v) is 5.60. The molecule has 0 aliphatic rings. The zero-order chi connectivity index (χ0) is 12.0. The van der Waals surface area contributed by atoms with Gasteiger partial charge >= 0.3 is 5.97 Å². The number of ketones is 1. The number of carbonyl (C=O) groups is 2. The Balaban J connectivity index is 2.38. The minimum atomic E-state index is -0.873. The maximum absolute atomic E-state index is 11.6. The third-order valence-corrected chi connectivity index (χ3v) is 2.44. The Morgan fingerprint density at radius 3 is 2.75 bits per heavy atom. The van der Waals surface area contributed by atoms with Crippen LogP contribution in [0.1, 0.15) is 16.8 Å². The van der Waals surface area contributed by atoms with Crippen LogP contribution in [0.4, 0.5) is 0 Å². The van der Waals surface area contributed by atoms with Gasteiger partial charge in [-0.2, -0.15) is 0 Å². The Labute approximate surface area is 102 Å². The molecule has 1 aromatic carbocycles. The van der Waals surface area contributed by atoms with Crippen molar-refractivity contribution in [1.29, 1.82) is 0 Å². The molecule has 0 radical (unpaired) electrons. The third kappa shape index (κ3) is 4.55. The van der Waals surface area contributed by atoms with Crippen LogP contribution in [0.25, 0.3) is 0 Å². The number of aliphatic carboxylic acids is 1. The summed E-state index contributed by atoms with van der Waals surface area (Å²) < 4.78 is 0.851. The van der Waals surface area contributed by atoms with Crippen LogP contribution in [-0.4, -0.2) is 29.9 Å². The predicted octanol–water partition coefficient (Wildman–Crippen LogP) is 1.70. The number of carbonyl (C=O) groups excluding carboxylic acids is 1. The maximum Gasteiger partial charge on any atom is 0.304 e. The minimum absolute atomic E-state index is 0.0196. The van der Waals surface area contributed by atoms with Gasteiger partial charge in [0.25, 0.3) is 0 Å². The van der Waals surface area contributed by atoms with E-state index in [0.717, 1.165) is 4.47 Å². The largest absolute Gasteiger partial charge is 0.481 e. The lowest BCUT2D eigenvalue weighted by Gasteiger charge is -2.03. The number of rotatable bonds is 6. The predicted molar refractivity (Wildman–Crippen MR) is 63.6 cm³/mol. The number of halogens is 1. The van der Waals surface area contributed by atoms with Gasteiger partial charge in [-0.05, 0) is 12.1 Å². The molecule has 86 valence electrons. The first kappa shape index (κ1) is 12.9. The van der Waals surface area contributed by atoms with E-state index in [1.807, 2.05) is 6.07 Å². The average molecular weight is 286 g/mol. The Bertz CT molecular complexity index is 393. The summed E-state index contributed by atoms with van der Waals surface area (Å²) in [5, 5.41) is 11.2. The van der Waals surface area contributed by atoms with E-state index < -0.39 is 5.97 Å². The highest BCUT2D eigenvalue weighted by Crippen LogP contribution is 2.11. The van der Waals surface area contributed by atoms with Crippen molar-refractivity contribution in [2.75, 3.05) is 13.1 Å². The van der Waals surface area contributed by atoms with E-state index in [-0.39, 0.29) is 18.7 Å². The molecule has 0 aliphatic carbocycles. The highest BCUT2D eigenvalue weighted by molar-refractivity contribution is 9.10. The van der Waals surface area contributed by atoms with Crippen molar-refractivity contribution in [3.8, 4) is 0 Å². The molecule has 0 spiro atoms. The number of benzene rings is 1. The molecular weight excluding hydrogens is 274 g/mol. The molecule has 4 nitrogen and oxygen atoms in total. The Hall–Kier alpha value is -1.20. The van der Waals surface area contributed by atoms with E-state index in [9.17, 15) is 9.59 Å². The fraction of sp³-hybridized carbons (Fsp3) is 0.273. The molecule has 0 atom stereocenters. The molecule has 0 aliphatic heterocycles. The first-order chi connectivity index (χ1) is 7.59. The van der Waals surface area contributed by atoms with Gasteiger partial charge < -0.3 is 10.4 Å². The quantitative estimate of drug-likeness (QED) is 0.617. The van der Waals surface area contributed by atoms with E-state index in [1.54, 1.807) is 18.2 Å². The Morgan fingerprint density at radius 2 is 2.12 bits per heavy atom. The van der Waals surface area contributed by atoms with Crippen LogP contribution in [0.5, 0.6) is 0 Å². The summed E-state index contributed by atoms with van der Waals surface area (Å²) >= 11 is 3.28. The van der Waals surface area contributed by atoms with Gasteiger partial charge in [0.05, 0.1) is 13.0 Å². The number of hydrogen-bond acceptors (Lipinski definition) is 3. The van der Waals surface area contributed by atoms with E-state index in [2.05, 4.69) is 21.2 Å². The first-order valence-electron chi connectivity index (χ1n) is 4.81. The smallest absolute Gasteiger partial charge is 0.304 e. The molecule has 0 bridgehead atoms. The van der Waals surface area contributed by atoms with Crippen LogP contribution in [-0.2, 0) is 4.79 Å². The highest BCUT2D eigenvalue weighted by Gasteiger charge is 2.05. The number of nitrogens with one attached hydrogen (secondary N) is 1. The molecule has 0 fully saturated rings. The number of carboxylic acids is 1. The number of carboxylic acid groups (broad SMARTS) is 1. The zero-order valence-corrected chi connectivity index (χ0v) is 10.2. The van der Waals surface area contributed by atoms with Crippen LogP contribution in [0.2, 0.25) is 0 Å². The SMILES string of the molecule is O=C(O)CCNCC(=O)c1cccc(Br)c1. The second-order valence-electron chi connectivity index (χ2n) is 3.25. The van der Waals surface area contributed by atoms with E-state index in [4.69, 9.17) is 5.11 Å². The lowest BCUT2D eigenvalue weighted by atomic mass is 10.1. The number of hydrogen-bond donors (Lipinski definition) is 2. The molecule has 0 saturated heterocycles. The van der Waals surface area contributed by atoms with Gasteiger partial charge in [0.15, 0.2) is 5.78 Å². The summed E-state index contributed by atoms with van der Waals surface area (Å²) in [7, 11) is 0. The van der Waals surface area contributed by atoms with Crippen LogP contribution in [0.15, 0.2) is 28.7 Å². The van der Waals surface area contributed by atoms with Gasteiger partial charge in [-0.3, -0.25) is 9.59 Å². The Kier molecular flexibility index (Phi) is 5.14. The van der Waals surface area contributed by atoms with Gasteiger partial charge in [0.1, 0.15) is 0 Å². The average Bonchev–Trinajstić information content (AvgIpc) is 2.24. The van der Waals surface area contributed by atoms with Crippen molar-refractivity contribution in [1.82, 2.24) is 5.32 Å². The van der Waals surface area contributed by atoms with Crippen LogP contribution < -0.4 is 5.32 Å². The van der Waals surface area contributed by atoms with Crippen molar-refractivity contribution >= 4 is 27.7 Å². The summed E-state index contributed by atoms with van der Waals surface area (Å²) in [5.74, 6) is -0.922. The molecule has 16 heavy (non-hydrogen) atoms. The molecule has 0 unspecified atom stereocenters. The molecule has 1 rings (SSSR count). The molecule has 2 N–H and O–H groups in total. The number of Topliss-reactive ketones (excluding diaryl/α,β-unsaturated/α-hetero) is 1. The van der Waals surface area contributed by atoms with Gasteiger partial charge in [-0.15, -0.1) is 0 Å². The lowest BCUT2D eigenvalue weighted by Crippen LogP contribution is -2.25. The van der Waals surface area contributed by atoms with Crippen molar-refractivity contribution in [3.05, 3.63) is 34.3 Å². The minimum Gasteiger partial charge on any atom is -0.481 e. The third-order valence-electron chi connectivity index (χ3n) is 1.95. The van der Waals surface area contributed by atoms with Crippen molar-refractivity contribution in [2.45, 2.75) is 6.42 Å². The van der Waals surface area contributed by atoms with Crippen LogP contribution >= 0.6 is 15.9 Å². The van der Waals surface area contributed by atoms with Crippen LogP contribution in [0, 0.1) is 0 Å². The van der Waals surface area contributed by atoms with Gasteiger partial charge in [-0.25, -0.2) is 0 Å². The molecule has 0 amide bonds. The molecule has 1 aromatic rings.